The highest BCUT2D eigenvalue weighted by molar-refractivity contribution is 7.99. The third-order valence-corrected chi connectivity index (χ3v) is 5.04. The summed E-state index contributed by atoms with van der Waals surface area (Å²) in [7, 11) is 0. The molecular weight excluding hydrogens is 388 g/mol. The molecule has 0 aliphatic rings. The summed E-state index contributed by atoms with van der Waals surface area (Å²) in [5.74, 6) is -0.699. The molecule has 1 aromatic heterocycles. The molecule has 0 fully saturated rings. The van der Waals surface area contributed by atoms with Gasteiger partial charge in [-0.15, -0.1) is 0 Å². The Kier molecular flexibility index (Phi) is 6.59. The molecule has 2 aromatic carbocycles. The third kappa shape index (κ3) is 5.84. The molecular formula is C22H24N2O4S. The Morgan fingerprint density at radius 2 is 1.76 bits per heavy atom. The first-order valence-corrected chi connectivity index (χ1v) is 10.3. The Labute approximate surface area is 174 Å². The van der Waals surface area contributed by atoms with Gasteiger partial charge in [0.2, 0.25) is 0 Å². The van der Waals surface area contributed by atoms with Crippen molar-refractivity contribution < 1.29 is 18.7 Å². The van der Waals surface area contributed by atoms with E-state index in [1.807, 2.05) is 75.4 Å². The van der Waals surface area contributed by atoms with Crippen molar-refractivity contribution in [3.8, 4) is 0 Å². The van der Waals surface area contributed by atoms with E-state index in [-0.39, 0.29) is 18.3 Å². The zero-order chi connectivity index (χ0) is 20.9. The SMILES string of the molecule is CC(C)(C)N(Cc1ccccc1)C(=O)COC(=O)CSc1nc2ccccc2o1. The number of carbonyl (C=O) groups is 2. The van der Waals surface area contributed by atoms with Gasteiger partial charge in [-0.05, 0) is 38.5 Å². The number of carbonyl (C=O) groups excluding carboxylic acids is 2. The summed E-state index contributed by atoms with van der Waals surface area (Å²) < 4.78 is 10.8. The topological polar surface area (TPSA) is 72.6 Å². The number of benzene rings is 2. The van der Waals surface area contributed by atoms with E-state index in [0.717, 1.165) is 22.8 Å². The first kappa shape index (κ1) is 20.9. The van der Waals surface area contributed by atoms with E-state index >= 15 is 0 Å². The zero-order valence-corrected chi connectivity index (χ0v) is 17.6. The average molecular weight is 413 g/mol. The van der Waals surface area contributed by atoms with Crippen LogP contribution in [0.25, 0.3) is 11.1 Å². The molecule has 0 aliphatic carbocycles. The van der Waals surface area contributed by atoms with Gasteiger partial charge in [-0.25, -0.2) is 4.98 Å². The second kappa shape index (κ2) is 9.13. The van der Waals surface area contributed by atoms with Crippen molar-refractivity contribution in [1.82, 2.24) is 9.88 Å². The second-order valence-electron chi connectivity index (χ2n) is 7.53. The minimum Gasteiger partial charge on any atom is -0.455 e. The molecule has 0 saturated carbocycles. The Morgan fingerprint density at radius 3 is 2.45 bits per heavy atom. The largest absolute Gasteiger partial charge is 0.455 e. The number of amides is 1. The van der Waals surface area contributed by atoms with E-state index in [9.17, 15) is 9.59 Å². The summed E-state index contributed by atoms with van der Waals surface area (Å²) in [6.07, 6.45) is 0. The molecule has 0 atom stereocenters. The van der Waals surface area contributed by atoms with Gasteiger partial charge in [0.05, 0.1) is 0 Å². The number of esters is 1. The van der Waals surface area contributed by atoms with E-state index in [1.54, 1.807) is 4.90 Å². The van der Waals surface area contributed by atoms with Crippen LogP contribution in [0.3, 0.4) is 0 Å². The van der Waals surface area contributed by atoms with E-state index in [0.29, 0.717) is 17.4 Å². The minimum absolute atomic E-state index is 0.0221. The van der Waals surface area contributed by atoms with Crippen molar-refractivity contribution >= 4 is 34.7 Å². The molecule has 152 valence electrons. The quantitative estimate of drug-likeness (QED) is 0.426. The number of para-hydroxylation sites is 2. The summed E-state index contributed by atoms with van der Waals surface area (Å²) in [5.41, 5.74) is 2.03. The lowest BCUT2D eigenvalue weighted by Gasteiger charge is -2.35. The van der Waals surface area contributed by atoms with Gasteiger partial charge in [0.1, 0.15) is 11.3 Å². The number of hydrogen-bond donors (Lipinski definition) is 0. The summed E-state index contributed by atoms with van der Waals surface area (Å²) in [4.78, 5) is 30.8. The van der Waals surface area contributed by atoms with E-state index in [1.165, 1.54) is 0 Å². The number of aromatic nitrogens is 1. The molecule has 0 N–H and O–H groups in total. The van der Waals surface area contributed by atoms with Crippen LogP contribution in [0.2, 0.25) is 0 Å². The average Bonchev–Trinajstić information content (AvgIpc) is 3.11. The van der Waals surface area contributed by atoms with Gasteiger partial charge in [-0.2, -0.15) is 0 Å². The van der Waals surface area contributed by atoms with E-state index < -0.39 is 11.5 Å². The Bertz CT molecular complexity index is 946. The van der Waals surface area contributed by atoms with Crippen LogP contribution >= 0.6 is 11.8 Å². The minimum atomic E-state index is -0.487. The maximum absolute atomic E-state index is 12.7. The number of rotatable bonds is 7. The molecule has 7 heteroatoms. The molecule has 0 bridgehead atoms. The highest BCUT2D eigenvalue weighted by atomic mass is 32.2. The van der Waals surface area contributed by atoms with Crippen molar-refractivity contribution in [3.63, 3.8) is 0 Å². The number of thioether (sulfide) groups is 1. The highest BCUT2D eigenvalue weighted by Crippen LogP contribution is 2.23. The number of oxazole rings is 1. The smallest absolute Gasteiger partial charge is 0.316 e. The monoisotopic (exact) mass is 412 g/mol. The van der Waals surface area contributed by atoms with Crippen LogP contribution in [0.15, 0.2) is 64.2 Å². The predicted octanol–water partition coefficient (Wildman–Crippen LogP) is 4.29. The molecule has 0 radical (unpaired) electrons. The molecule has 0 spiro atoms. The maximum Gasteiger partial charge on any atom is 0.316 e. The number of fused-ring (bicyclic) bond motifs is 1. The summed E-state index contributed by atoms with van der Waals surface area (Å²) in [6.45, 7) is 6.03. The fourth-order valence-corrected chi connectivity index (χ4v) is 3.40. The molecule has 3 rings (SSSR count). The first-order chi connectivity index (χ1) is 13.8. The van der Waals surface area contributed by atoms with Gasteiger partial charge in [0.15, 0.2) is 12.2 Å². The molecule has 0 saturated heterocycles. The molecule has 3 aromatic rings. The van der Waals surface area contributed by atoms with E-state index in [4.69, 9.17) is 9.15 Å². The van der Waals surface area contributed by atoms with Crippen LogP contribution in [0.1, 0.15) is 26.3 Å². The van der Waals surface area contributed by atoms with Crippen molar-refractivity contribution in [2.45, 2.75) is 38.1 Å². The molecule has 6 nitrogen and oxygen atoms in total. The standard InChI is InChI=1S/C22H24N2O4S/c1-22(2,3)24(13-16-9-5-4-6-10-16)19(25)14-27-20(26)15-29-21-23-17-11-7-8-12-18(17)28-21/h4-12H,13-15H2,1-3H3. The Hall–Kier alpha value is -2.80. The third-order valence-electron chi connectivity index (χ3n) is 4.24. The van der Waals surface area contributed by atoms with E-state index in [2.05, 4.69) is 4.98 Å². The lowest BCUT2D eigenvalue weighted by atomic mass is 10.0. The van der Waals surface area contributed by atoms with Gasteiger partial charge in [-0.1, -0.05) is 54.2 Å². The first-order valence-electron chi connectivity index (χ1n) is 9.31. The molecule has 1 heterocycles. The van der Waals surface area contributed by atoms with Crippen LogP contribution in [0, 0.1) is 0 Å². The summed E-state index contributed by atoms with van der Waals surface area (Å²) >= 11 is 1.15. The molecule has 0 aliphatic heterocycles. The van der Waals surface area contributed by atoms with Crippen LogP contribution in [0.5, 0.6) is 0 Å². The molecule has 29 heavy (non-hydrogen) atoms. The van der Waals surface area contributed by atoms with Crippen molar-refractivity contribution in [3.05, 3.63) is 60.2 Å². The van der Waals surface area contributed by atoms with Crippen LogP contribution in [-0.4, -0.2) is 39.7 Å². The van der Waals surface area contributed by atoms with Gasteiger partial charge in [0.25, 0.3) is 11.1 Å². The summed E-state index contributed by atoms with van der Waals surface area (Å²) in [5, 5.41) is 0.398. The Morgan fingerprint density at radius 1 is 1.07 bits per heavy atom. The normalized spacial score (nSPS) is 11.4. The van der Waals surface area contributed by atoms with Crippen molar-refractivity contribution in [1.29, 1.82) is 0 Å². The van der Waals surface area contributed by atoms with Gasteiger partial charge < -0.3 is 14.1 Å². The number of ether oxygens (including phenoxy) is 1. The van der Waals surface area contributed by atoms with Crippen LogP contribution < -0.4 is 0 Å². The number of nitrogens with zero attached hydrogens (tertiary/aromatic N) is 2. The maximum atomic E-state index is 12.7. The van der Waals surface area contributed by atoms with Crippen molar-refractivity contribution in [2.75, 3.05) is 12.4 Å². The summed E-state index contributed by atoms with van der Waals surface area (Å²) in [6, 6.07) is 17.1. The number of hydrogen-bond acceptors (Lipinski definition) is 6. The Balaban J connectivity index is 1.52. The van der Waals surface area contributed by atoms with Gasteiger partial charge in [0, 0.05) is 12.1 Å². The van der Waals surface area contributed by atoms with Crippen LogP contribution in [-0.2, 0) is 20.9 Å². The molecule has 0 unspecified atom stereocenters. The van der Waals surface area contributed by atoms with Crippen LogP contribution in [0.4, 0.5) is 0 Å². The van der Waals surface area contributed by atoms with Crippen molar-refractivity contribution in [2.24, 2.45) is 0 Å². The predicted molar refractivity (Wildman–Crippen MR) is 112 cm³/mol. The lowest BCUT2D eigenvalue weighted by molar-refractivity contribution is -0.152. The molecule has 1 amide bonds. The lowest BCUT2D eigenvalue weighted by Crippen LogP contribution is -2.46. The zero-order valence-electron chi connectivity index (χ0n) is 16.8. The second-order valence-corrected chi connectivity index (χ2v) is 8.46. The van der Waals surface area contributed by atoms with Gasteiger partial charge in [-0.3, -0.25) is 9.59 Å². The highest BCUT2D eigenvalue weighted by Gasteiger charge is 2.27. The van der Waals surface area contributed by atoms with Gasteiger partial charge >= 0.3 is 5.97 Å². The fourth-order valence-electron chi connectivity index (χ4n) is 2.76. The fraction of sp³-hybridized carbons (Fsp3) is 0.318.